The van der Waals surface area contributed by atoms with E-state index in [0.717, 1.165) is 32.1 Å². The molecule has 2 heterocycles. The van der Waals surface area contributed by atoms with Crippen molar-refractivity contribution in [2.45, 2.75) is 6.54 Å². The lowest BCUT2D eigenvalue weighted by Gasteiger charge is -2.06. The van der Waals surface area contributed by atoms with Crippen LogP contribution >= 0.6 is 27.3 Å². The molecule has 0 bridgehead atoms. The molecule has 2 aromatic heterocycles. The smallest absolute Gasteiger partial charge is 0.204 e. The molecule has 0 N–H and O–H groups in total. The highest BCUT2D eigenvalue weighted by molar-refractivity contribution is 9.10. The third kappa shape index (κ3) is 3.51. The summed E-state index contributed by atoms with van der Waals surface area (Å²) in [6.07, 6.45) is 0. The van der Waals surface area contributed by atoms with Crippen LogP contribution in [0.4, 0.5) is 0 Å². The Bertz CT molecular complexity index is 1030. The fourth-order valence-electron chi connectivity index (χ4n) is 2.51. The van der Waals surface area contributed by atoms with Gasteiger partial charge in [-0.25, -0.2) is 4.98 Å². The van der Waals surface area contributed by atoms with Gasteiger partial charge < -0.3 is 4.74 Å². The van der Waals surface area contributed by atoms with Gasteiger partial charge in [-0.15, -0.1) is 21.5 Å². The highest BCUT2D eigenvalue weighted by atomic mass is 79.9. The molecule has 0 unspecified atom stereocenters. The van der Waals surface area contributed by atoms with Crippen molar-refractivity contribution < 1.29 is 4.74 Å². The minimum atomic E-state index is 0.465. The van der Waals surface area contributed by atoms with E-state index in [0.29, 0.717) is 12.4 Å². The molecule has 0 radical (unpaired) electrons. The molecule has 0 atom stereocenters. The maximum Gasteiger partial charge on any atom is 0.204 e. The Labute approximate surface area is 162 Å². The van der Waals surface area contributed by atoms with Crippen LogP contribution in [0.5, 0.6) is 5.75 Å². The average molecular weight is 428 g/mol. The van der Waals surface area contributed by atoms with Gasteiger partial charge in [0.25, 0.3) is 0 Å². The standard InChI is InChI=1S/C18H14BrN5OS/c1-25-16-8-7-13(19)9-15(16)18-20-14(11-26-18)10-24-22-17(21-23-24)12-5-3-2-4-6-12/h2-9,11H,10H2,1H3. The largest absolute Gasteiger partial charge is 0.496 e. The summed E-state index contributed by atoms with van der Waals surface area (Å²) in [7, 11) is 1.66. The summed E-state index contributed by atoms with van der Waals surface area (Å²) in [6, 6.07) is 15.7. The van der Waals surface area contributed by atoms with E-state index in [9.17, 15) is 0 Å². The molecular formula is C18H14BrN5OS. The lowest BCUT2D eigenvalue weighted by Crippen LogP contribution is -2.04. The van der Waals surface area contributed by atoms with E-state index in [1.165, 1.54) is 0 Å². The molecule has 4 rings (SSSR count). The lowest BCUT2D eigenvalue weighted by atomic mass is 10.2. The van der Waals surface area contributed by atoms with Crippen LogP contribution in [0.3, 0.4) is 0 Å². The summed E-state index contributed by atoms with van der Waals surface area (Å²) in [5.41, 5.74) is 2.77. The number of thiazole rings is 1. The number of aromatic nitrogens is 5. The first-order chi connectivity index (χ1) is 12.7. The summed E-state index contributed by atoms with van der Waals surface area (Å²) in [5, 5.41) is 15.6. The monoisotopic (exact) mass is 427 g/mol. The van der Waals surface area contributed by atoms with Crippen LogP contribution in [-0.4, -0.2) is 32.3 Å². The second kappa shape index (κ2) is 7.35. The van der Waals surface area contributed by atoms with Crippen LogP contribution in [0.1, 0.15) is 5.69 Å². The number of hydrogen-bond acceptors (Lipinski definition) is 6. The molecule has 0 amide bonds. The van der Waals surface area contributed by atoms with E-state index in [4.69, 9.17) is 9.72 Å². The minimum absolute atomic E-state index is 0.465. The third-order valence-electron chi connectivity index (χ3n) is 3.73. The number of tetrazole rings is 1. The van der Waals surface area contributed by atoms with Gasteiger partial charge in [-0.3, -0.25) is 0 Å². The molecule has 8 heteroatoms. The minimum Gasteiger partial charge on any atom is -0.496 e. The third-order valence-corrected chi connectivity index (χ3v) is 5.15. The molecule has 4 aromatic rings. The molecule has 2 aromatic carbocycles. The van der Waals surface area contributed by atoms with Crippen molar-refractivity contribution in [3.63, 3.8) is 0 Å². The van der Waals surface area contributed by atoms with Crippen molar-refractivity contribution in [1.82, 2.24) is 25.2 Å². The fourth-order valence-corrected chi connectivity index (χ4v) is 3.70. The lowest BCUT2D eigenvalue weighted by molar-refractivity contribution is 0.416. The normalized spacial score (nSPS) is 10.8. The van der Waals surface area contributed by atoms with E-state index in [1.54, 1.807) is 23.2 Å². The zero-order valence-corrected chi connectivity index (χ0v) is 16.2. The van der Waals surface area contributed by atoms with Crippen molar-refractivity contribution in [2.75, 3.05) is 7.11 Å². The topological polar surface area (TPSA) is 65.7 Å². The summed E-state index contributed by atoms with van der Waals surface area (Å²) in [4.78, 5) is 6.25. The molecule has 0 spiro atoms. The predicted molar refractivity (Wildman–Crippen MR) is 104 cm³/mol. The molecule has 130 valence electrons. The van der Waals surface area contributed by atoms with Gasteiger partial charge in [0.1, 0.15) is 17.3 Å². The van der Waals surface area contributed by atoms with E-state index in [-0.39, 0.29) is 0 Å². The maximum absolute atomic E-state index is 5.44. The van der Waals surface area contributed by atoms with Gasteiger partial charge in [0, 0.05) is 15.4 Å². The number of rotatable bonds is 5. The number of methoxy groups -OCH3 is 1. The van der Waals surface area contributed by atoms with E-state index >= 15 is 0 Å². The molecular weight excluding hydrogens is 414 g/mol. The zero-order valence-electron chi connectivity index (χ0n) is 13.8. The van der Waals surface area contributed by atoms with Crippen molar-refractivity contribution >= 4 is 27.3 Å². The Morgan fingerprint density at radius 3 is 2.81 bits per heavy atom. The Morgan fingerprint density at radius 2 is 2.00 bits per heavy atom. The van der Waals surface area contributed by atoms with Gasteiger partial charge in [-0.05, 0) is 23.4 Å². The fraction of sp³-hybridized carbons (Fsp3) is 0.111. The van der Waals surface area contributed by atoms with Gasteiger partial charge in [0.2, 0.25) is 5.82 Å². The van der Waals surface area contributed by atoms with Crippen molar-refractivity contribution in [1.29, 1.82) is 0 Å². The average Bonchev–Trinajstić information content (AvgIpc) is 3.32. The van der Waals surface area contributed by atoms with E-state index in [1.807, 2.05) is 53.9 Å². The van der Waals surface area contributed by atoms with Crippen LogP contribution in [0.2, 0.25) is 0 Å². The summed E-state index contributed by atoms with van der Waals surface area (Å²) in [5.74, 6) is 1.40. The highest BCUT2D eigenvalue weighted by Gasteiger charge is 2.12. The Kier molecular flexibility index (Phi) is 4.77. The molecule has 0 saturated carbocycles. The summed E-state index contributed by atoms with van der Waals surface area (Å²) in [6.45, 7) is 0.465. The Balaban J connectivity index is 1.56. The predicted octanol–water partition coefficient (Wildman–Crippen LogP) is 4.28. The van der Waals surface area contributed by atoms with Crippen molar-refractivity contribution in [3.8, 4) is 27.7 Å². The number of halogens is 1. The Hall–Kier alpha value is -2.58. The molecule has 0 fully saturated rings. The van der Waals surface area contributed by atoms with Gasteiger partial charge in [0.05, 0.1) is 18.4 Å². The number of nitrogens with zero attached hydrogens (tertiary/aromatic N) is 5. The number of hydrogen-bond donors (Lipinski definition) is 0. The Morgan fingerprint density at radius 1 is 1.15 bits per heavy atom. The first-order valence-corrected chi connectivity index (χ1v) is 9.52. The molecule has 0 aliphatic rings. The first-order valence-electron chi connectivity index (χ1n) is 7.84. The second-order valence-electron chi connectivity index (χ2n) is 5.50. The quantitative estimate of drug-likeness (QED) is 0.475. The highest BCUT2D eigenvalue weighted by Crippen LogP contribution is 2.34. The molecule has 26 heavy (non-hydrogen) atoms. The second-order valence-corrected chi connectivity index (χ2v) is 7.27. The SMILES string of the molecule is COc1ccc(Br)cc1-c1nc(Cn2nnc(-c3ccccc3)n2)cs1. The zero-order chi connectivity index (χ0) is 17.9. The number of benzene rings is 2. The molecule has 6 nitrogen and oxygen atoms in total. The van der Waals surface area contributed by atoms with E-state index < -0.39 is 0 Å². The summed E-state index contributed by atoms with van der Waals surface area (Å²) >= 11 is 5.06. The van der Waals surface area contributed by atoms with E-state index in [2.05, 4.69) is 31.3 Å². The molecule has 0 aliphatic carbocycles. The van der Waals surface area contributed by atoms with Crippen LogP contribution in [0, 0.1) is 0 Å². The molecule has 0 saturated heterocycles. The number of ether oxygens (including phenoxy) is 1. The summed E-state index contributed by atoms with van der Waals surface area (Å²) < 4.78 is 6.42. The van der Waals surface area contributed by atoms with Gasteiger partial charge >= 0.3 is 0 Å². The van der Waals surface area contributed by atoms with Crippen LogP contribution < -0.4 is 4.74 Å². The van der Waals surface area contributed by atoms with Gasteiger partial charge in [-0.1, -0.05) is 46.3 Å². The van der Waals surface area contributed by atoms with Crippen LogP contribution in [0.15, 0.2) is 58.4 Å². The first kappa shape index (κ1) is 16.9. The van der Waals surface area contributed by atoms with Gasteiger partial charge in [-0.2, -0.15) is 4.80 Å². The maximum atomic E-state index is 5.44. The van der Waals surface area contributed by atoms with Crippen LogP contribution in [-0.2, 0) is 6.54 Å². The van der Waals surface area contributed by atoms with Crippen LogP contribution in [0.25, 0.3) is 22.0 Å². The molecule has 0 aliphatic heterocycles. The van der Waals surface area contributed by atoms with Crippen molar-refractivity contribution in [3.05, 3.63) is 64.1 Å². The van der Waals surface area contributed by atoms with Crippen molar-refractivity contribution in [2.24, 2.45) is 0 Å². The van der Waals surface area contributed by atoms with Gasteiger partial charge in [0.15, 0.2) is 0 Å².